The second-order valence-electron chi connectivity index (χ2n) is 10.9. The third kappa shape index (κ3) is 3.58. The number of fused-ring (bicyclic) bond motifs is 1. The van der Waals surface area contributed by atoms with Crippen LogP contribution in [0.4, 0.5) is 0 Å². The minimum atomic E-state index is -0.923. The van der Waals surface area contributed by atoms with E-state index in [9.17, 15) is 19.2 Å². The highest BCUT2D eigenvalue weighted by atomic mass is 16.5. The van der Waals surface area contributed by atoms with Crippen molar-refractivity contribution in [1.29, 1.82) is 0 Å². The number of rotatable bonds is 7. The zero-order valence-electron chi connectivity index (χ0n) is 20.0. The van der Waals surface area contributed by atoms with Gasteiger partial charge in [0.05, 0.1) is 12.5 Å². The molecule has 5 atom stereocenters. The van der Waals surface area contributed by atoms with Crippen LogP contribution in [0.2, 0.25) is 0 Å². The maximum absolute atomic E-state index is 13.8. The molecule has 2 saturated heterocycles. The Kier molecular flexibility index (Phi) is 5.45. The van der Waals surface area contributed by atoms with E-state index in [1.807, 2.05) is 30.3 Å². The van der Waals surface area contributed by atoms with Gasteiger partial charge in [-0.3, -0.25) is 14.4 Å². The average Bonchev–Trinajstić information content (AvgIpc) is 3.59. The molecule has 0 radical (unpaired) electrons. The summed E-state index contributed by atoms with van der Waals surface area (Å²) in [5, 5.41) is 5.63. The monoisotopic (exact) mass is 467 g/mol. The van der Waals surface area contributed by atoms with Crippen LogP contribution in [0, 0.1) is 23.2 Å². The highest BCUT2D eigenvalue weighted by Crippen LogP contribution is 2.66. The average molecular weight is 468 g/mol. The van der Waals surface area contributed by atoms with E-state index in [1.54, 1.807) is 4.90 Å². The van der Waals surface area contributed by atoms with Crippen molar-refractivity contribution in [2.75, 3.05) is 20.2 Å². The molecule has 4 fully saturated rings. The van der Waals surface area contributed by atoms with Crippen molar-refractivity contribution < 1.29 is 23.9 Å². The quantitative estimate of drug-likeness (QED) is 0.590. The molecule has 2 heterocycles. The summed E-state index contributed by atoms with van der Waals surface area (Å²) in [6.07, 6.45) is 2.37. The lowest BCUT2D eigenvalue weighted by Gasteiger charge is -2.34. The summed E-state index contributed by atoms with van der Waals surface area (Å²) in [5.74, 6) is -1.03. The molecular formula is C26H33N3O5. The molecule has 0 aromatic heterocycles. The molecule has 8 nitrogen and oxygen atoms in total. The van der Waals surface area contributed by atoms with Crippen LogP contribution in [-0.4, -0.2) is 60.9 Å². The molecular weight excluding hydrogens is 434 g/mol. The number of nitrogens with zero attached hydrogens (tertiary/aromatic N) is 1. The topological polar surface area (TPSA) is 105 Å². The van der Waals surface area contributed by atoms with Crippen molar-refractivity contribution in [3.05, 3.63) is 35.9 Å². The van der Waals surface area contributed by atoms with Crippen molar-refractivity contribution >= 4 is 23.7 Å². The summed E-state index contributed by atoms with van der Waals surface area (Å²) >= 11 is 0. The number of hydrogen-bond acceptors (Lipinski definition) is 5. The third-order valence-electron chi connectivity index (χ3n) is 8.71. The molecule has 2 saturated carbocycles. The number of esters is 1. The van der Waals surface area contributed by atoms with Gasteiger partial charge in [0, 0.05) is 19.0 Å². The second-order valence-corrected chi connectivity index (χ2v) is 10.9. The number of piperidine rings is 1. The Morgan fingerprint density at radius 2 is 1.91 bits per heavy atom. The third-order valence-corrected chi connectivity index (χ3v) is 8.71. The Bertz CT molecular complexity index is 1020. The zero-order chi connectivity index (χ0) is 24.3. The molecule has 2 N–H and O–H groups in total. The summed E-state index contributed by atoms with van der Waals surface area (Å²) in [7, 11) is 1.28. The molecule has 0 spiro atoms. The van der Waals surface area contributed by atoms with Gasteiger partial charge in [-0.2, -0.15) is 0 Å². The summed E-state index contributed by atoms with van der Waals surface area (Å²) in [5.41, 5.74) is 0.414. The first-order valence-corrected chi connectivity index (χ1v) is 12.2. The van der Waals surface area contributed by atoms with Gasteiger partial charge >= 0.3 is 5.97 Å². The largest absolute Gasteiger partial charge is 0.467 e. The number of hydrogen-bond donors (Lipinski definition) is 2. The number of methoxy groups -OCH3 is 1. The first-order chi connectivity index (χ1) is 16.2. The zero-order valence-corrected chi connectivity index (χ0v) is 20.0. The van der Waals surface area contributed by atoms with Gasteiger partial charge in [-0.1, -0.05) is 44.2 Å². The van der Waals surface area contributed by atoms with Gasteiger partial charge in [-0.25, -0.2) is 4.79 Å². The van der Waals surface area contributed by atoms with E-state index in [-0.39, 0.29) is 47.3 Å². The molecule has 2 aliphatic heterocycles. The van der Waals surface area contributed by atoms with Crippen LogP contribution in [0.3, 0.4) is 0 Å². The van der Waals surface area contributed by atoms with Crippen LogP contribution >= 0.6 is 0 Å². The Labute approximate surface area is 199 Å². The van der Waals surface area contributed by atoms with Crippen molar-refractivity contribution in [2.24, 2.45) is 23.2 Å². The van der Waals surface area contributed by atoms with Gasteiger partial charge in [0.15, 0.2) is 0 Å². The molecule has 1 aromatic carbocycles. The van der Waals surface area contributed by atoms with E-state index in [0.29, 0.717) is 19.5 Å². The summed E-state index contributed by atoms with van der Waals surface area (Å²) < 4.78 is 4.93. The van der Waals surface area contributed by atoms with Gasteiger partial charge in [0.25, 0.3) is 0 Å². The molecule has 3 amide bonds. The van der Waals surface area contributed by atoms with Crippen LogP contribution in [0.1, 0.15) is 45.1 Å². The van der Waals surface area contributed by atoms with Crippen molar-refractivity contribution in [3.8, 4) is 0 Å². The fourth-order valence-corrected chi connectivity index (χ4v) is 6.35. The molecule has 0 bridgehead atoms. The molecule has 2 aliphatic carbocycles. The fourth-order valence-electron chi connectivity index (χ4n) is 6.35. The predicted octanol–water partition coefficient (Wildman–Crippen LogP) is 1.39. The highest BCUT2D eigenvalue weighted by Gasteiger charge is 2.71. The number of nitrogens with one attached hydrogen (secondary N) is 2. The fraction of sp³-hybridized carbons (Fsp3) is 0.615. The summed E-state index contributed by atoms with van der Waals surface area (Å²) in [4.78, 5) is 53.8. The number of likely N-dealkylation sites (tertiary alicyclic amines) is 1. The normalized spacial score (nSPS) is 30.7. The molecule has 182 valence electrons. The first-order valence-electron chi connectivity index (χ1n) is 12.2. The lowest BCUT2D eigenvalue weighted by Crippen LogP contribution is -2.55. The van der Waals surface area contributed by atoms with Crippen LogP contribution in [0.5, 0.6) is 0 Å². The van der Waals surface area contributed by atoms with Crippen LogP contribution in [0.25, 0.3) is 0 Å². The molecule has 4 aliphatic rings. The van der Waals surface area contributed by atoms with E-state index in [4.69, 9.17) is 4.74 Å². The highest BCUT2D eigenvalue weighted by molar-refractivity contribution is 5.97. The molecule has 0 unspecified atom stereocenters. The van der Waals surface area contributed by atoms with Crippen LogP contribution < -0.4 is 10.6 Å². The van der Waals surface area contributed by atoms with Gasteiger partial charge in [-0.15, -0.1) is 0 Å². The number of carbonyl (C=O) groups excluding carboxylic acids is 4. The predicted molar refractivity (Wildman–Crippen MR) is 123 cm³/mol. The molecule has 5 rings (SSSR count). The van der Waals surface area contributed by atoms with Gasteiger partial charge < -0.3 is 20.3 Å². The standard InChI is InChI=1S/C26H33N3O5/c1-25(2)17-14-29(24(33)26(10-11-26)16-7-5-4-6-8-16)20(19(17)25)22(31)28-18(23(32)34-3)13-15-9-12-27-21(15)30/h4-8,15,17-20H,9-14H2,1-3H3,(H,27,30)(H,28,31)/t15-,17-,18-,19-,20-/m0/s1. The second kappa shape index (κ2) is 8.10. The van der Waals surface area contributed by atoms with Crippen molar-refractivity contribution in [3.63, 3.8) is 0 Å². The minimum absolute atomic E-state index is 0.00615. The lowest BCUT2D eigenvalue weighted by atomic mass is 9.92. The Morgan fingerprint density at radius 3 is 2.50 bits per heavy atom. The Balaban J connectivity index is 1.37. The number of benzene rings is 1. The van der Waals surface area contributed by atoms with Crippen molar-refractivity contribution in [2.45, 2.75) is 57.0 Å². The van der Waals surface area contributed by atoms with Crippen LogP contribution in [0.15, 0.2) is 30.3 Å². The van der Waals surface area contributed by atoms with Gasteiger partial charge in [0.2, 0.25) is 17.7 Å². The molecule has 34 heavy (non-hydrogen) atoms. The van der Waals surface area contributed by atoms with E-state index in [0.717, 1.165) is 18.4 Å². The smallest absolute Gasteiger partial charge is 0.328 e. The summed E-state index contributed by atoms with van der Waals surface area (Å²) in [6, 6.07) is 8.24. The van der Waals surface area contributed by atoms with Crippen LogP contribution in [-0.2, 0) is 29.3 Å². The minimum Gasteiger partial charge on any atom is -0.467 e. The van der Waals surface area contributed by atoms with E-state index >= 15 is 0 Å². The first kappa shape index (κ1) is 22.9. The molecule has 8 heteroatoms. The Morgan fingerprint density at radius 1 is 1.21 bits per heavy atom. The summed E-state index contributed by atoms with van der Waals surface area (Å²) in [6.45, 7) is 5.39. The van der Waals surface area contributed by atoms with E-state index < -0.39 is 23.5 Å². The number of carbonyl (C=O) groups is 4. The van der Waals surface area contributed by atoms with Gasteiger partial charge in [0.1, 0.15) is 12.1 Å². The number of ether oxygens (including phenoxy) is 1. The number of amides is 3. The molecule has 1 aromatic rings. The maximum atomic E-state index is 13.8. The Hall–Kier alpha value is -2.90. The van der Waals surface area contributed by atoms with Crippen molar-refractivity contribution in [1.82, 2.24) is 15.5 Å². The van der Waals surface area contributed by atoms with E-state index in [1.165, 1.54) is 7.11 Å². The van der Waals surface area contributed by atoms with Gasteiger partial charge in [-0.05, 0) is 48.5 Å². The maximum Gasteiger partial charge on any atom is 0.328 e. The lowest BCUT2D eigenvalue weighted by molar-refractivity contribution is -0.148. The SMILES string of the molecule is COC(=O)[C@H](C[C@@H]1CCNC1=O)NC(=O)[C@@H]1[C@@H]2[C@H](CN1C(=O)C1(c3ccccc3)CC1)C2(C)C. The van der Waals surface area contributed by atoms with E-state index in [2.05, 4.69) is 24.5 Å².